The van der Waals surface area contributed by atoms with Gasteiger partial charge in [0.05, 0.1) is 0 Å². The third-order valence-corrected chi connectivity index (χ3v) is 8.30. The predicted octanol–water partition coefficient (Wildman–Crippen LogP) is 5.26. The van der Waals surface area contributed by atoms with Gasteiger partial charge in [0.15, 0.2) is 0 Å². The van der Waals surface area contributed by atoms with Gasteiger partial charge in [0, 0.05) is 24.7 Å². The molecule has 1 fully saturated rings. The van der Waals surface area contributed by atoms with Gasteiger partial charge in [0.25, 0.3) is 0 Å². The summed E-state index contributed by atoms with van der Waals surface area (Å²) >= 11 is 0. The predicted molar refractivity (Wildman–Crippen MR) is 125 cm³/mol. The van der Waals surface area contributed by atoms with Gasteiger partial charge in [-0.2, -0.15) is 12.7 Å². The van der Waals surface area contributed by atoms with Crippen molar-refractivity contribution in [2.24, 2.45) is 5.92 Å². The molecule has 1 unspecified atom stereocenters. The Kier molecular flexibility index (Phi) is 5.93. The SMILES string of the molecule is O=S(=O)(Nc1ccccc1)N1CCCC(C2c3ccc(F)cc3CCc3cc(F)ccc32)C1. The number of hydrogen-bond acceptors (Lipinski definition) is 2. The average Bonchev–Trinajstić information content (AvgIpc) is 2.96. The second kappa shape index (κ2) is 8.88. The number of nitrogens with zero attached hydrogens (tertiary/aromatic N) is 1. The summed E-state index contributed by atoms with van der Waals surface area (Å²) in [4.78, 5) is 0. The summed E-state index contributed by atoms with van der Waals surface area (Å²) in [6.45, 7) is 0.790. The lowest BCUT2D eigenvalue weighted by molar-refractivity contribution is 0.249. The standard InChI is InChI=1S/C26H26F2N2O2S/c27-21-10-12-24-18(15-21)8-9-19-16-22(28)11-13-25(19)26(24)20-5-4-14-30(17-20)33(31,32)29-23-6-2-1-3-7-23/h1-3,6-7,10-13,15-16,20,26,29H,4-5,8-9,14,17H2. The molecule has 3 aromatic rings. The van der Waals surface area contributed by atoms with E-state index in [4.69, 9.17) is 0 Å². The second-order valence-electron chi connectivity index (χ2n) is 8.90. The summed E-state index contributed by atoms with van der Waals surface area (Å²) in [5, 5.41) is 0. The third kappa shape index (κ3) is 4.52. The van der Waals surface area contributed by atoms with Crippen LogP contribution in [-0.2, 0) is 23.1 Å². The van der Waals surface area contributed by atoms with Crippen LogP contribution in [-0.4, -0.2) is 25.8 Å². The van der Waals surface area contributed by atoms with Crippen LogP contribution in [0.25, 0.3) is 0 Å². The number of anilines is 1. The van der Waals surface area contributed by atoms with E-state index >= 15 is 0 Å². The Morgan fingerprint density at radius 1 is 0.848 bits per heavy atom. The molecule has 1 atom stereocenters. The fraction of sp³-hybridized carbons (Fsp3) is 0.308. The first kappa shape index (κ1) is 22.0. The van der Waals surface area contributed by atoms with Gasteiger partial charge in [-0.25, -0.2) is 8.78 Å². The molecule has 33 heavy (non-hydrogen) atoms. The third-order valence-electron chi connectivity index (χ3n) is 6.80. The molecule has 1 N–H and O–H groups in total. The van der Waals surface area contributed by atoms with Crippen LogP contribution in [0.5, 0.6) is 0 Å². The van der Waals surface area contributed by atoms with Crippen LogP contribution in [0.3, 0.4) is 0 Å². The van der Waals surface area contributed by atoms with E-state index in [2.05, 4.69) is 4.72 Å². The number of para-hydroxylation sites is 1. The number of aryl methyl sites for hydroxylation is 2. The fourth-order valence-corrected chi connectivity index (χ4v) is 6.64. The minimum atomic E-state index is -3.72. The van der Waals surface area contributed by atoms with Gasteiger partial charge in [-0.15, -0.1) is 0 Å². The lowest BCUT2D eigenvalue weighted by Crippen LogP contribution is -2.44. The van der Waals surface area contributed by atoms with Crippen molar-refractivity contribution in [1.29, 1.82) is 0 Å². The highest BCUT2D eigenvalue weighted by Crippen LogP contribution is 2.43. The van der Waals surface area contributed by atoms with E-state index in [0.29, 0.717) is 31.6 Å². The summed E-state index contributed by atoms with van der Waals surface area (Å²) < 4.78 is 58.6. The number of fused-ring (bicyclic) bond motifs is 2. The van der Waals surface area contributed by atoms with Crippen molar-refractivity contribution in [2.45, 2.75) is 31.6 Å². The zero-order chi connectivity index (χ0) is 23.0. The van der Waals surface area contributed by atoms with Crippen molar-refractivity contribution < 1.29 is 17.2 Å². The zero-order valence-corrected chi connectivity index (χ0v) is 19.0. The van der Waals surface area contributed by atoms with E-state index < -0.39 is 10.2 Å². The Morgan fingerprint density at radius 2 is 1.45 bits per heavy atom. The largest absolute Gasteiger partial charge is 0.301 e. The molecule has 2 aliphatic rings. The first-order valence-corrected chi connectivity index (χ1v) is 12.7. The smallest absolute Gasteiger partial charge is 0.271 e. The number of hydrogen-bond donors (Lipinski definition) is 1. The molecule has 0 aromatic heterocycles. The molecule has 0 amide bonds. The Morgan fingerprint density at radius 3 is 2.06 bits per heavy atom. The van der Waals surface area contributed by atoms with Gasteiger partial charge in [-0.05, 0) is 90.3 Å². The van der Waals surface area contributed by atoms with Crippen molar-refractivity contribution in [3.05, 3.63) is 101 Å². The number of halogens is 2. The zero-order valence-electron chi connectivity index (χ0n) is 18.2. The Bertz CT molecular complexity index is 1210. The maximum atomic E-state index is 14.1. The fourth-order valence-electron chi connectivity index (χ4n) is 5.32. The first-order chi connectivity index (χ1) is 15.9. The van der Waals surface area contributed by atoms with Crippen molar-refractivity contribution in [1.82, 2.24) is 4.31 Å². The molecular weight excluding hydrogens is 442 g/mol. The van der Waals surface area contributed by atoms with Crippen LogP contribution in [0.15, 0.2) is 66.7 Å². The van der Waals surface area contributed by atoms with Gasteiger partial charge in [-0.1, -0.05) is 30.3 Å². The number of rotatable bonds is 4. The Labute approximate surface area is 193 Å². The lowest BCUT2D eigenvalue weighted by atomic mass is 9.75. The second-order valence-corrected chi connectivity index (χ2v) is 10.6. The summed E-state index contributed by atoms with van der Waals surface area (Å²) in [5.41, 5.74) is 4.39. The molecule has 0 spiro atoms. The summed E-state index contributed by atoms with van der Waals surface area (Å²) in [6, 6.07) is 18.6. The van der Waals surface area contributed by atoms with Crippen molar-refractivity contribution in [2.75, 3.05) is 17.8 Å². The van der Waals surface area contributed by atoms with E-state index in [-0.39, 0.29) is 23.5 Å². The van der Waals surface area contributed by atoms with Gasteiger partial charge < -0.3 is 0 Å². The maximum absolute atomic E-state index is 14.1. The molecule has 7 heteroatoms. The van der Waals surface area contributed by atoms with E-state index in [9.17, 15) is 17.2 Å². The molecule has 0 saturated carbocycles. The van der Waals surface area contributed by atoms with Crippen molar-refractivity contribution >= 4 is 15.9 Å². The molecule has 172 valence electrons. The normalized spacial score (nSPS) is 19.4. The van der Waals surface area contributed by atoms with Crippen LogP contribution >= 0.6 is 0 Å². The van der Waals surface area contributed by atoms with E-state index in [1.807, 2.05) is 18.2 Å². The van der Waals surface area contributed by atoms with Crippen molar-refractivity contribution in [3.8, 4) is 0 Å². The quantitative estimate of drug-likeness (QED) is 0.568. The summed E-state index contributed by atoms with van der Waals surface area (Å²) in [5.74, 6) is -0.694. The van der Waals surface area contributed by atoms with E-state index in [0.717, 1.165) is 35.1 Å². The molecule has 1 aliphatic carbocycles. The molecule has 0 bridgehead atoms. The van der Waals surface area contributed by atoms with Gasteiger partial charge in [0.2, 0.25) is 0 Å². The lowest BCUT2D eigenvalue weighted by Gasteiger charge is -2.37. The maximum Gasteiger partial charge on any atom is 0.301 e. The van der Waals surface area contributed by atoms with Gasteiger partial charge in [0.1, 0.15) is 11.6 Å². The highest BCUT2D eigenvalue weighted by Gasteiger charge is 2.37. The van der Waals surface area contributed by atoms with Crippen LogP contribution < -0.4 is 4.72 Å². The summed E-state index contributed by atoms with van der Waals surface area (Å²) in [6.07, 6.45) is 2.83. The van der Waals surface area contributed by atoms with Crippen LogP contribution in [0.1, 0.15) is 41.0 Å². The number of piperidine rings is 1. The number of benzene rings is 3. The molecular formula is C26H26F2N2O2S. The molecule has 0 radical (unpaired) electrons. The average molecular weight is 469 g/mol. The highest BCUT2D eigenvalue weighted by atomic mass is 32.2. The molecule has 1 aliphatic heterocycles. The number of nitrogens with one attached hydrogen (secondary N) is 1. The van der Waals surface area contributed by atoms with Crippen LogP contribution in [0.4, 0.5) is 14.5 Å². The van der Waals surface area contributed by atoms with Gasteiger partial charge in [-0.3, -0.25) is 4.72 Å². The van der Waals surface area contributed by atoms with Crippen molar-refractivity contribution in [3.63, 3.8) is 0 Å². The Balaban J connectivity index is 1.50. The highest BCUT2D eigenvalue weighted by molar-refractivity contribution is 7.90. The minimum absolute atomic E-state index is 0.00220. The van der Waals surface area contributed by atoms with Crippen LogP contribution in [0, 0.1) is 17.6 Å². The first-order valence-electron chi connectivity index (χ1n) is 11.3. The van der Waals surface area contributed by atoms with Gasteiger partial charge >= 0.3 is 10.2 Å². The molecule has 1 heterocycles. The Hall–Kier alpha value is -2.77. The van der Waals surface area contributed by atoms with Crippen LogP contribution in [0.2, 0.25) is 0 Å². The summed E-state index contributed by atoms with van der Waals surface area (Å²) in [7, 11) is -3.72. The minimum Gasteiger partial charge on any atom is -0.271 e. The monoisotopic (exact) mass is 468 g/mol. The molecule has 5 rings (SSSR count). The van der Waals surface area contributed by atoms with E-state index in [1.165, 1.54) is 16.4 Å². The molecule has 1 saturated heterocycles. The topological polar surface area (TPSA) is 49.4 Å². The molecule has 4 nitrogen and oxygen atoms in total. The van der Waals surface area contributed by atoms with E-state index in [1.54, 1.807) is 36.4 Å². The molecule has 3 aromatic carbocycles.